The first-order chi connectivity index (χ1) is 10.9. The SMILES string of the molecule is C[C@H]1CCCN(S(=O)(=O)N2CCN(CC(=O)NC3CC3)CC2)C1. The van der Waals surface area contributed by atoms with E-state index in [4.69, 9.17) is 0 Å². The number of amides is 1. The van der Waals surface area contributed by atoms with Gasteiger partial charge in [-0.3, -0.25) is 9.69 Å². The summed E-state index contributed by atoms with van der Waals surface area (Å²) >= 11 is 0. The molecule has 2 heterocycles. The van der Waals surface area contributed by atoms with Gasteiger partial charge in [0, 0.05) is 45.3 Å². The molecule has 1 N–H and O–H groups in total. The molecule has 1 aliphatic carbocycles. The fourth-order valence-electron chi connectivity index (χ4n) is 3.34. The van der Waals surface area contributed by atoms with Gasteiger partial charge in [-0.2, -0.15) is 17.0 Å². The molecule has 7 nitrogen and oxygen atoms in total. The minimum atomic E-state index is -3.34. The zero-order valence-electron chi connectivity index (χ0n) is 13.9. The molecular weight excluding hydrogens is 316 g/mol. The molecule has 0 radical (unpaired) electrons. The summed E-state index contributed by atoms with van der Waals surface area (Å²) in [5, 5.41) is 2.98. The molecule has 8 heteroatoms. The second kappa shape index (κ2) is 7.04. The highest BCUT2D eigenvalue weighted by molar-refractivity contribution is 7.86. The smallest absolute Gasteiger partial charge is 0.282 e. The first-order valence-electron chi connectivity index (χ1n) is 8.72. The van der Waals surface area contributed by atoms with Gasteiger partial charge in [0.25, 0.3) is 10.2 Å². The van der Waals surface area contributed by atoms with Crippen molar-refractivity contribution in [2.24, 2.45) is 5.92 Å². The molecule has 132 valence electrons. The van der Waals surface area contributed by atoms with Crippen LogP contribution >= 0.6 is 0 Å². The lowest BCUT2D eigenvalue weighted by molar-refractivity contribution is -0.122. The number of piperazine rings is 1. The molecule has 0 unspecified atom stereocenters. The van der Waals surface area contributed by atoms with Crippen LogP contribution in [0.25, 0.3) is 0 Å². The standard InChI is InChI=1S/C15H28N4O3S/c1-13-3-2-6-19(11-13)23(21,22)18-9-7-17(8-10-18)12-15(20)16-14-4-5-14/h13-14H,2-12H2,1H3,(H,16,20)/t13-/m0/s1. The van der Waals surface area contributed by atoms with Gasteiger partial charge in [-0.1, -0.05) is 6.92 Å². The highest BCUT2D eigenvalue weighted by Gasteiger charge is 2.34. The van der Waals surface area contributed by atoms with Crippen LogP contribution in [0.4, 0.5) is 0 Å². The van der Waals surface area contributed by atoms with E-state index in [1.165, 1.54) is 0 Å². The van der Waals surface area contributed by atoms with Gasteiger partial charge in [-0.25, -0.2) is 0 Å². The van der Waals surface area contributed by atoms with Crippen molar-refractivity contribution < 1.29 is 13.2 Å². The number of nitrogens with zero attached hydrogens (tertiary/aromatic N) is 3. The van der Waals surface area contributed by atoms with Crippen molar-refractivity contribution in [3.8, 4) is 0 Å². The number of carbonyl (C=O) groups excluding carboxylic acids is 1. The number of carbonyl (C=O) groups is 1. The molecule has 0 bridgehead atoms. The number of hydrogen-bond donors (Lipinski definition) is 1. The average Bonchev–Trinajstić information content (AvgIpc) is 3.31. The number of hydrogen-bond acceptors (Lipinski definition) is 4. The molecule has 2 aliphatic heterocycles. The predicted octanol–water partition coefficient (Wildman–Crippen LogP) is -0.141. The second-order valence-electron chi connectivity index (χ2n) is 7.13. The molecule has 23 heavy (non-hydrogen) atoms. The Morgan fingerprint density at radius 3 is 2.35 bits per heavy atom. The lowest BCUT2D eigenvalue weighted by atomic mass is 10.0. The van der Waals surface area contributed by atoms with Crippen LogP contribution in [0.15, 0.2) is 0 Å². The van der Waals surface area contributed by atoms with Crippen molar-refractivity contribution in [1.29, 1.82) is 0 Å². The molecule has 0 aromatic heterocycles. The molecule has 2 saturated heterocycles. The Bertz CT molecular complexity index is 527. The Hall–Kier alpha value is -0.700. The number of rotatable bonds is 5. The molecule has 0 aromatic rings. The lowest BCUT2D eigenvalue weighted by Gasteiger charge is -2.38. The summed E-state index contributed by atoms with van der Waals surface area (Å²) in [7, 11) is -3.34. The van der Waals surface area contributed by atoms with Crippen LogP contribution < -0.4 is 5.32 Å². The van der Waals surface area contributed by atoms with Gasteiger partial charge in [0.05, 0.1) is 6.54 Å². The molecule has 1 saturated carbocycles. The van der Waals surface area contributed by atoms with Crippen LogP contribution in [0.1, 0.15) is 32.6 Å². The van der Waals surface area contributed by atoms with Gasteiger partial charge < -0.3 is 5.32 Å². The molecular formula is C15H28N4O3S. The van der Waals surface area contributed by atoms with Crippen molar-refractivity contribution in [3.63, 3.8) is 0 Å². The first-order valence-corrected chi connectivity index (χ1v) is 10.1. The average molecular weight is 344 g/mol. The Labute approximate surface area is 139 Å². The highest BCUT2D eigenvalue weighted by atomic mass is 32.2. The van der Waals surface area contributed by atoms with Crippen molar-refractivity contribution in [1.82, 2.24) is 18.8 Å². The van der Waals surface area contributed by atoms with Crippen molar-refractivity contribution in [2.75, 3.05) is 45.8 Å². The van der Waals surface area contributed by atoms with Gasteiger partial charge in [-0.05, 0) is 31.6 Å². The third-order valence-electron chi connectivity index (χ3n) is 4.91. The summed E-state index contributed by atoms with van der Waals surface area (Å²) in [6.45, 7) is 5.96. The summed E-state index contributed by atoms with van der Waals surface area (Å²) < 4.78 is 28.7. The normalized spacial score (nSPS) is 28.7. The Morgan fingerprint density at radius 2 is 1.74 bits per heavy atom. The monoisotopic (exact) mass is 344 g/mol. The van der Waals surface area contributed by atoms with Crippen molar-refractivity contribution in [2.45, 2.75) is 38.6 Å². The zero-order chi connectivity index (χ0) is 16.4. The lowest BCUT2D eigenvalue weighted by Crippen LogP contribution is -2.55. The van der Waals surface area contributed by atoms with E-state index in [1.54, 1.807) is 8.61 Å². The Kier molecular flexibility index (Phi) is 5.25. The quantitative estimate of drug-likeness (QED) is 0.753. The first kappa shape index (κ1) is 17.1. The molecule has 0 aromatic carbocycles. The summed E-state index contributed by atoms with van der Waals surface area (Å²) in [6, 6.07) is 0.380. The van der Waals surface area contributed by atoms with E-state index in [-0.39, 0.29) is 5.91 Å². The molecule has 1 amide bonds. The van der Waals surface area contributed by atoms with Crippen LogP contribution in [-0.4, -0.2) is 79.7 Å². The van der Waals surface area contributed by atoms with Crippen LogP contribution in [0.5, 0.6) is 0 Å². The summed E-state index contributed by atoms with van der Waals surface area (Å²) in [5.74, 6) is 0.500. The molecule has 3 fully saturated rings. The van der Waals surface area contributed by atoms with Gasteiger partial charge in [0.1, 0.15) is 0 Å². The highest BCUT2D eigenvalue weighted by Crippen LogP contribution is 2.21. The third-order valence-corrected chi connectivity index (χ3v) is 6.92. The second-order valence-corrected chi connectivity index (χ2v) is 9.06. The third kappa shape index (κ3) is 4.43. The Morgan fingerprint density at radius 1 is 1.04 bits per heavy atom. The minimum absolute atomic E-state index is 0.0636. The zero-order valence-corrected chi connectivity index (χ0v) is 14.7. The van der Waals surface area contributed by atoms with E-state index < -0.39 is 10.2 Å². The largest absolute Gasteiger partial charge is 0.352 e. The predicted molar refractivity (Wildman–Crippen MR) is 88.1 cm³/mol. The number of piperidine rings is 1. The minimum Gasteiger partial charge on any atom is -0.352 e. The topological polar surface area (TPSA) is 73.0 Å². The maximum atomic E-state index is 12.7. The van der Waals surface area contributed by atoms with Crippen LogP contribution in [0, 0.1) is 5.92 Å². The molecule has 1 atom stereocenters. The van der Waals surface area contributed by atoms with E-state index in [0.717, 1.165) is 25.7 Å². The summed E-state index contributed by atoms with van der Waals surface area (Å²) in [4.78, 5) is 13.9. The van der Waals surface area contributed by atoms with Gasteiger partial charge in [-0.15, -0.1) is 0 Å². The maximum absolute atomic E-state index is 12.7. The van der Waals surface area contributed by atoms with E-state index in [1.807, 2.05) is 4.90 Å². The van der Waals surface area contributed by atoms with Gasteiger partial charge >= 0.3 is 0 Å². The van der Waals surface area contributed by atoms with Gasteiger partial charge in [0.2, 0.25) is 5.91 Å². The maximum Gasteiger partial charge on any atom is 0.282 e. The Balaban J connectivity index is 1.48. The summed E-state index contributed by atoms with van der Waals surface area (Å²) in [5.41, 5.74) is 0. The fraction of sp³-hybridized carbons (Fsp3) is 0.933. The van der Waals surface area contributed by atoms with E-state index in [0.29, 0.717) is 57.8 Å². The van der Waals surface area contributed by atoms with Crippen molar-refractivity contribution in [3.05, 3.63) is 0 Å². The molecule has 3 aliphatic rings. The molecule has 0 spiro atoms. The van der Waals surface area contributed by atoms with Crippen LogP contribution in [-0.2, 0) is 15.0 Å². The number of nitrogens with one attached hydrogen (secondary N) is 1. The fourth-order valence-corrected chi connectivity index (χ4v) is 5.10. The van der Waals surface area contributed by atoms with E-state index in [2.05, 4.69) is 12.2 Å². The summed E-state index contributed by atoms with van der Waals surface area (Å²) in [6.07, 6.45) is 4.23. The van der Waals surface area contributed by atoms with E-state index >= 15 is 0 Å². The van der Waals surface area contributed by atoms with Crippen LogP contribution in [0.3, 0.4) is 0 Å². The molecule has 3 rings (SSSR count). The van der Waals surface area contributed by atoms with Crippen LogP contribution in [0.2, 0.25) is 0 Å². The van der Waals surface area contributed by atoms with E-state index in [9.17, 15) is 13.2 Å². The van der Waals surface area contributed by atoms with Gasteiger partial charge in [0.15, 0.2) is 0 Å². The van der Waals surface area contributed by atoms with Crippen molar-refractivity contribution >= 4 is 16.1 Å².